The molecule has 0 bridgehead atoms. The summed E-state index contributed by atoms with van der Waals surface area (Å²) >= 11 is 3.01. The first-order valence-corrected chi connectivity index (χ1v) is 11.3. The van der Waals surface area contributed by atoms with Crippen LogP contribution in [0, 0.1) is 0 Å². The minimum Gasteiger partial charge on any atom is -0.497 e. The quantitative estimate of drug-likeness (QED) is 0.418. The number of halogens is 4. The summed E-state index contributed by atoms with van der Waals surface area (Å²) in [5.74, 6) is -0.299. The lowest BCUT2D eigenvalue weighted by Gasteiger charge is -2.24. The highest BCUT2D eigenvalue weighted by Gasteiger charge is 2.36. The van der Waals surface area contributed by atoms with Crippen molar-refractivity contribution >= 4 is 28.0 Å². The molecule has 1 N–H and O–H groups in total. The first kappa shape index (κ1) is 28.3. The maximum absolute atomic E-state index is 13.5. The van der Waals surface area contributed by atoms with Gasteiger partial charge in [0.15, 0.2) is 0 Å². The summed E-state index contributed by atoms with van der Waals surface area (Å²) in [7, 11) is 2.65. The van der Waals surface area contributed by atoms with Gasteiger partial charge in [0.05, 0.1) is 24.3 Å². The van der Waals surface area contributed by atoms with Crippen molar-refractivity contribution < 1.29 is 41.7 Å². The number of hydrogen-bond acceptors (Lipinski definition) is 6. The van der Waals surface area contributed by atoms with Crippen LogP contribution in [0.2, 0.25) is 0 Å². The van der Waals surface area contributed by atoms with Crippen LogP contribution < -0.4 is 14.8 Å². The number of amides is 1. The van der Waals surface area contributed by atoms with E-state index in [9.17, 15) is 22.8 Å². The highest BCUT2D eigenvalue weighted by molar-refractivity contribution is 9.10. The molecule has 2 aromatic rings. The molecule has 192 valence electrons. The molecule has 0 spiro atoms. The number of methoxy groups -OCH3 is 2. The van der Waals surface area contributed by atoms with E-state index < -0.39 is 35.4 Å². The lowest BCUT2D eigenvalue weighted by atomic mass is 10.0. The van der Waals surface area contributed by atoms with E-state index in [1.54, 1.807) is 45.0 Å². The Morgan fingerprint density at radius 2 is 1.66 bits per heavy atom. The number of nitrogens with one attached hydrogen (secondary N) is 1. The van der Waals surface area contributed by atoms with Crippen LogP contribution in [0.3, 0.4) is 0 Å². The van der Waals surface area contributed by atoms with Gasteiger partial charge in [-0.2, -0.15) is 13.2 Å². The van der Waals surface area contributed by atoms with Gasteiger partial charge in [0.1, 0.15) is 29.7 Å². The summed E-state index contributed by atoms with van der Waals surface area (Å²) < 4.78 is 61.1. The minimum absolute atomic E-state index is 0.0563. The number of hydrogen-bond donors (Lipinski definition) is 1. The van der Waals surface area contributed by atoms with E-state index in [4.69, 9.17) is 18.9 Å². The van der Waals surface area contributed by atoms with Gasteiger partial charge in [-0.25, -0.2) is 9.59 Å². The molecular formula is C24H27BrF3NO6. The van der Waals surface area contributed by atoms with E-state index in [0.29, 0.717) is 11.3 Å². The number of alkyl halides is 3. The number of rotatable bonds is 8. The third-order valence-electron chi connectivity index (χ3n) is 4.63. The average molecular weight is 562 g/mol. The van der Waals surface area contributed by atoms with Gasteiger partial charge in [0.25, 0.3) is 0 Å². The van der Waals surface area contributed by atoms with Crippen molar-refractivity contribution in [1.82, 2.24) is 5.32 Å². The van der Waals surface area contributed by atoms with Crippen molar-refractivity contribution in [3.63, 3.8) is 0 Å². The van der Waals surface area contributed by atoms with E-state index in [-0.39, 0.29) is 28.8 Å². The molecule has 1 amide bonds. The highest BCUT2D eigenvalue weighted by Crippen LogP contribution is 2.42. The van der Waals surface area contributed by atoms with Crippen molar-refractivity contribution in [3.05, 3.63) is 57.6 Å². The summed E-state index contributed by atoms with van der Waals surface area (Å²) in [5, 5.41) is 2.41. The summed E-state index contributed by atoms with van der Waals surface area (Å²) in [6.07, 6.45) is -5.73. The van der Waals surface area contributed by atoms with Gasteiger partial charge < -0.3 is 24.3 Å². The van der Waals surface area contributed by atoms with Crippen LogP contribution in [-0.2, 0) is 33.5 Å². The molecule has 7 nitrogen and oxygen atoms in total. The summed E-state index contributed by atoms with van der Waals surface area (Å²) in [5.41, 5.74) is -0.850. The van der Waals surface area contributed by atoms with Gasteiger partial charge in [-0.3, -0.25) is 0 Å². The fourth-order valence-corrected chi connectivity index (χ4v) is 3.74. The normalized spacial score (nSPS) is 12.5. The van der Waals surface area contributed by atoms with E-state index in [1.165, 1.54) is 13.2 Å². The van der Waals surface area contributed by atoms with Crippen molar-refractivity contribution in [1.29, 1.82) is 0 Å². The number of esters is 1. The molecule has 0 fully saturated rings. The van der Waals surface area contributed by atoms with Crippen LogP contribution in [0.25, 0.3) is 0 Å². The lowest BCUT2D eigenvalue weighted by Crippen LogP contribution is -2.45. The Morgan fingerprint density at radius 3 is 2.17 bits per heavy atom. The predicted octanol–water partition coefficient (Wildman–Crippen LogP) is 5.66. The van der Waals surface area contributed by atoms with Crippen LogP contribution in [-0.4, -0.2) is 37.9 Å². The molecule has 0 unspecified atom stereocenters. The second-order valence-corrected chi connectivity index (χ2v) is 9.27. The first-order valence-electron chi connectivity index (χ1n) is 10.5. The number of carbonyl (C=O) groups is 2. The monoisotopic (exact) mass is 561 g/mol. The van der Waals surface area contributed by atoms with Crippen molar-refractivity contribution in [2.24, 2.45) is 0 Å². The molecule has 0 aliphatic rings. The van der Waals surface area contributed by atoms with Gasteiger partial charge in [-0.15, -0.1) is 0 Å². The predicted molar refractivity (Wildman–Crippen MR) is 125 cm³/mol. The minimum atomic E-state index is -4.65. The van der Waals surface area contributed by atoms with Crippen LogP contribution in [0.5, 0.6) is 11.5 Å². The standard InChI is InChI=1S/C24H27BrF3NO6/c1-23(2,3)35-22(31)29-18(21(30)33-5)12-15-8-11-17(24(26,27)28)19(25)20(15)34-13-14-6-9-16(32-4)10-7-14/h6-11,18H,12-13H2,1-5H3,(H,29,31)/t18-/m0/s1. The second kappa shape index (κ2) is 11.7. The molecule has 2 rings (SSSR count). The SMILES string of the molecule is COC(=O)[C@H](Cc1ccc(C(F)(F)F)c(Br)c1OCc1ccc(OC)cc1)NC(=O)OC(C)(C)C. The van der Waals surface area contributed by atoms with E-state index in [2.05, 4.69) is 21.2 Å². The van der Waals surface area contributed by atoms with Gasteiger partial charge in [0, 0.05) is 6.42 Å². The molecule has 0 aliphatic carbocycles. The van der Waals surface area contributed by atoms with Crippen molar-refractivity contribution in [3.8, 4) is 11.5 Å². The maximum atomic E-state index is 13.5. The Balaban J connectivity index is 2.39. The van der Waals surface area contributed by atoms with Gasteiger partial charge in [-0.05, 0) is 66.0 Å². The average Bonchev–Trinajstić information content (AvgIpc) is 2.75. The van der Waals surface area contributed by atoms with Gasteiger partial charge in [0.2, 0.25) is 0 Å². The Kier molecular flexibility index (Phi) is 9.42. The summed E-state index contributed by atoms with van der Waals surface area (Å²) in [6.45, 7) is 4.90. The van der Waals surface area contributed by atoms with E-state index in [0.717, 1.165) is 13.2 Å². The fraction of sp³-hybridized carbons (Fsp3) is 0.417. The molecule has 1 atom stereocenters. The van der Waals surface area contributed by atoms with Crippen LogP contribution in [0.4, 0.5) is 18.0 Å². The lowest BCUT2D eigenvalue weighted by molar-refractivity contribution is -0.143. The molecule has 0 aliphatic heterocycles. The Hall–Kier alpha value is -2.95. The third kappa shape index (κ3) is 8.34. The zero-order valence-corrected chi connectivity index (χ0v) is 21.5. The molecule has 35 heavy (non-hydrogen) atoms. The summed E-state index contributed by atoms with van der Waals surface area (Å²) in [6, 6.07) is 7.65. The van der Waals surface area contributed by atoms with Crippen molar-refractivity contribution in [2.45, 2.75) is 51.6 Å². The Labute approximate surface area is 210 Å². The number of carbonyl (C=O) groups excluding carboxylic acids is 2. The molecular weight excluding hydrogens is 535 g/mol. The van der Waals surface area contributed by atoms with Crippen LogP contribution in [0.15, 0.2) is 40.9 Å². The highest BCUT2D eigenvalue weighted by atomic mass is 79.9. The topological polar surface area (TPSA) is 83.1 Å². The smallest absolute Gasteiger partial charge is 0.417 e. The largest absolute Gasteiger partial charge is 0.497 e. The van der Waals surface area contributed by atoms with Gasteiger partial charge >= 0.3 is 18.2 Å². The third-order valence-corrected chi connectivity index (χ3v) is 5.41. The number of ether oxygens (including phenoxy) is 4. The van der Waals surface area contributed by atoms with Crippen LogP contribution >= 0.6 is 15.9 Å². The Morgan fingerprint density at radius 1 is 1.03 bits per heavy atom. The second-order valence-electron chi connectivity index (χ2n) is 8.48. The molecule has 0 radical (unpaired) electrons. The molecule has 0 heterocycles. The molecule has 0 aromatic heterocycles. The van der Waals surface area contributed by atoms with Crippen LogP contribution in [0.1, 0.15) is 37.5 Å². The number of alkyl carbamates (subject to hydrolysis) is 1. The maximum Gasteiger partial charge on any atom is 0.417 e. The molecule has 0 saturated heterocycles. The first-order chi connectivity index (χ1) is 16.2. The van der Waals surface area contributed by atoms with E-state index in [1.807, 2.05) is 0 Å². The fourth-order valence-electron chi connectivity index (χ4n) is 3.01. The zero-order chi connectivity index (χ0) is 26.4. The Bertz CT molecular complexity index is 1040. The molecule has 2 aromatic carbocycles. The van der Waals surface area contributed by atoms with Gasteiger partial charge in [-0.1, -0.05) is 18.2 Å². The summed E-state index contributed by atoms with van der Waals surface area (Å²) in [4.78, 5) is 24.6. The van der Waals surface area contributed by atoms with Crippen molar-refractivity contribution in [2.75, 3.05) is 14.2 Å². The molecule has 11 heteroatoms. The van der Waals surface area contributed by atoms with E-state index >= 15 is 0 Å². The zero-order valence-electron chi connectivity index (χ0n) is 19.9. The molecule has 0 saturated carbocycles. The number of benzene rings is 2.